The van der Waals surface area contributed by atoms with Crippen LogP contribution in [0.2, 0.25) is 0 Å². The monoisotopic (exact) mass is 288 g/mol. The molecule has 0 radical (unpaired) electrons. The van der Waals surface area contributed by atoms with Gasteiger partial charge in [-0.1, -0.05) is 12.1 Å². The van der Waals surface area contributed by atoms with Gasteiger partial charge in [0, 0.05) is 11.8 Å². The molecule has 2 heterocycles. The van der Waals surface area contributed by atoms with Crippen molar-refractivity contribution in [1.29, 1.82) is 0 Å². The Hall–Kier alpha value is -2.41. The molecule has 0 aliphatic heterocycles. The van der Waals surface area contributed by atoms with E-state index in [9.17, 15) is 8.42 Å². The molecule has 6 nitrogen and oxygen atoms in total. The Morgan fingerprint density at radius 3 is 2.45 bits per heavy atom. The van der Waals surface area contributed by atoms with Crippen LogP contribution in [-0.2, 0) is 9.84 Å². The molecule has 7 heteroatoms. The summed E-state index contributed by atoms with van der Waals surface area (Å²) in [6, 6.07) is 10.3. The number of nitrogens with two attached hydrogens (primary N) is 1. The van der Waals surface area contributed by atoms with Gasteiger partial charge in [0.25, 0.3) is 0 Å². The molecule has 0 spiro atoms. The van der Waals surface area contributed by atoms with E-state index in [0.717, 1.165) is 16.8 Å². The van der Waals surface area contributed by atoms with Crippen molar-refractivity contribution in [3.63, 3.8) is 0 Å². The molecule has 2 aromatic heterocycles. The van der Waals surface area contributed by atoms with Gasteiger partial charge in [0.05, 0.1) is 10.6 Å². The third-order valence-electron chi connectivity index (χ3n) is 3.06. The molecule has 0 saturated carbocycles. The minimum Gasteiger partial charge on any atom is -0.382 e. The van der Waals surface area contributed by atoms with Gasteiger partial charge in [-0.15, -0.1) is 0 Å². The van der Waals surface area contributed by atoms with Gasteiger partial charge < -0.3 is 5.73 Å². The van der Waals surface area contributed by atoms with Crippen LogP contribution in [-0.4, -0.2) is 29.3 Å². The molecule has 2 N–H and O–H groups in total. The Morgan fingerprint density at radius 1 is 1.10 bits per heavy atom. The standard InChI is InChI=1S/C13H12N4O2S/c1-20(18,19)10-4-2-9(3-5-10)11-6-7-12-13(14)15-8-16-17(11)12/h2-8H,1H3,(H2,14,15,16). The topological polar surface area (TPSA) is 90.3 Å². The first-order chi connectivity index (χ1) is 9.47. The highest BCUT2D eigenvalue weighted by molar-refractivity contribution is 7.90. The zero-order valence-electron chi connectivity index (χ0n) is 10.7. The van der Waals surface area contributed by atoms with Crippen molar-refractivity contribution >= 4 is 21.2 Å². The smallest absolute Gasteiger partial charge is 0.175 e. The van der Waals surface area contributed by atoms with Crippen LogP contribution in [0.25, 0.3) is 16.8 Å². The summed E-state index contributed by atoms with van der Waals surface area (Å²) in [5.41, 5.74) is 8.18. The number of benzene rings is 1. The molecule has 0 amide bonds. The fraction of sp³-hybridized carbons (Fsp3) is 0.0769. The number of aromatic nitrogens is 3. The molecule has 0 fully saturated rings. The van der Waals surface area contributed by atoms with E-state index in [1.165, 1.54) is 12.6 Å². The average molecular weight is 288 g/mol. The van der Waals surface area contributed by atoms with Crippen molar-refractivity contribution in [2.75, 3.05) is 12.0 Å². The summed E-state index contributed by atoms with van der Waals surface area (Å²) < 4.78 is 24.6. The fourth-order valence-electron chi connectivity index (χ4n) is 2.04. The molecule has 3 aromatic rings. The van der Waals surface area contributed by atoms with Gasteiger partial charge >= 0.3 is 0 Å². The maximum absolute atomic E-state index is 11.4. The summed E-state index contributed by atoms with van der Waals surface area (Å²) in [7, 11) is -3.19. The number of hydrogen-bond donors (Lipinski definition) is 1. The van der Waals surface area contributed by atoms with Crippen molar-refractivity contribution in [1.82, 2.24) is 14.6 Å². The van der Waals surface area contributed by atoms with Gasteiger partial charge in [-0.3, -0.25) is 0 Å². The Morgan fingerprint density at radius 2 is 1.80 bits per heavy atom. The normalized spacial score (nSPS) is 11.8. The van der Waals surface area contributed by atoms with E-state index < -0.39 is 9.84 Å². The molecule has 0 aliphatic carbocycles. The van der Waals surface area contributed by atoms with Gasteiger partial charge in [0.2, 0.25) is 0 Å². The Bertz CT molecular complexity index is 882. The molecule has 0 bridgehead atoms. The molecular weight excluding hydrogens is 276 g/mol. The highest BCUT2D eigenvalue weighted by Crippen LogP contribution is 2.24. The van der Waals surface area contributed by atoms with Crippen molar-refractivity contribution in [2.24, 2.45) is 0 Å². The van der Waals surface area contributed by atoms with Crippen molar-refractivity contribution < 1.29 is 8.42 Å². The molecule has 102 valence electrons. The van der Waals surface area contributed by atoms with Crippen LogP contribution in [0, 0.1) is 0 Å². The predicted octanol–water partition coefficient (Wildman–Crippen LogP) is 1.38. The van der Waals surface area contributed by atoms with Crippen LogP contribution < -0.4 is 5.73 Å². The number of rotatable bonds is 2. The lowest BCUT2D eigenvalue weighted by atomic mass is 10.2. The van der Waals surface area contributed by atoms with Crippen LogP contribution in [0.4, 0.5) is 5.82 Å². The number of anilines is 1. The molecule has 0 atom stereocenters. The predicted molar refractivity (Wildman–Crippen MR) is 75.9 cm³/mol. The van der Waals surface area contributed by atoms with Crippen LogP contribution in [0.3, 0.4) is 0 Å². The van der Waals surface area contributed by atoms with Crippen LogP contribution in [0.1, 0.15) is 0 Å². The van der Waals surface area contributed by atoms with Crippen LogP contribution in [0.5, 0.6) is 0 Å². The van der Waals surface area contributed by atoms with Gasteiger partial charge in [-0.05, 0) is 24.3 Å². The molecule has 1 aromatic carbocycles. The second-order valence-electron chi connectivity index (χ2n) is 4.46. The first-order valence-electron chi connectivity index (χ1n) is 5.85. The number of fused-ring (bicyclic) bond motifs is 1. The third kappa shape index (κ3) is 2.01. The Kier molecular flexibility index (Phi) is 2.72. The van der Waals surface area contributed by atoms with Crippen molar-refractivity contribution in [3.8, 4) is 11.3 Å². The molecule has 3 rings (SSSR count). The second-order valence-corrected chi connectivity index (χ2v) is 6.47. The molecular formula is C13H12N4O2S. The number of nitrogen functional groups attached to an aromatic ring is 1. The Labute approximate surface area is 115 Å². The highest BCUT2D eigenvalue weighted by Gasteiger charge is 2.10. The van der Waals surface area contributed by atoms with E-state index in [1.807, 2.05) is 12.1 Å². The number of sulfone groups is 1. The lowest BCUT2D eigenvalue weighted by Gasteiger charge is -2.04. The maximum Gasteiger partial charge on any atom is 0.175 e. The lowest BCUT2D eigenvalue weighted by Crippen LogP contribution is -2.00. The summed E-state index contributed by atoms with van der Waals surface area (Å²) in [6.07, 6.45) is 2.57. The Balaban J connectivity index is 2.14. The van der Waals surface area contributed by atoms with E-state index in [1.54, 1.807) is 28.8 Å². The number of hydrogen-bond acceptors (Lipinski definition) is 5. The summed E-state index contributed by atoms with van der Waals surface area (Å²) in [6.45, 7) is 0. The van der Waals surface area contributed by atoms with Gasteiger partial charge in [-0.25, -0.2) is 17.9 Å². The van der Waals surface area contributed by atoms with Crippen molar-refractivity contribution in [3.05, 3.63) is 42.7 Å². The molecule has 0 unspecified atom stereocenters. The molecule has 20 heavy (non-hydrogen) atoms. The summed E-state index contributed by atoms with van der Waals surface area (Å²) in [4.78, 5) is 4.22. The zero-order valence-corrected chi connectivity index (χ0v) is 11.5. The first kappa shape index (κ1) is 12.6. The zero-order chi connectivity index (χ0) is 14.3. The summed E-state index contributed by atoms with van der Waals surface area (Å²) >= 11 is 0. The highest BCUT2D eigenvalue weighted by atomic mass is 32.2. The van der Waals surface area contributed by atoms with E-state index in [0.29, 0.717) is 5.82 Å². The van der Waals surface area contributed by atoms with Crippen molar-refractivity contribution in [2.45, 2.75) is 4.90 Å². The molecule has 0 aliphatic rings. The van der Waals surface area contributed by atoms with E-state index >= 15 is 0 Å². The van der Waals surface area contributed by atoms with Gasteiger partial charge in [-0.2, -0.15) is 5.10 Å². The lowest BCUT2D eigenvalue weighted by molar-refractivity contribution is 0.602. The minimum absolute atomic E-state index is 0.288. The first-order valence-corrected chi connectivity index (χ1v) is 7.75. The SMILES string of the molecule is CS(=O)(=O)c1ccc(-c2ccc3c(N)ncnn23)cc1. The van der Waals surface area contributed by atoms with E-state index in [4.69, 9.17) is 5.73 Å². The summed E-state index contributed by atoms with van der Waals surface area (Å²) in [5, 5.41) is 4.16. The van der Waals surface area contributed by atoms with Gasteiger partial charge in [0.15, 0.2) is 15.7 Å². The second kappa shape index (κ2) is 4.31. The van der Waals surface area contributed by atoms with E-state index in [2.05, 4.69) is 10.1 Å². The van der Waals surface area contributed by atoms with E-state index in [-0.39, 0.29) is 4.90 Å². The maximum atomic E-state index is 11.4. The summed E-state index contributed by atoms with van der Waals surface area (Å²) in [5.74, 6) is 0.402. The third-order valence-corrected chi connectivity index (χ3v) is 4.19. The van der Waals surface area contributed by atoms with Crippen LogP contribution in [0.15, 0.2) is 47.6 Å². The number of nitrogens with zero attached hydrogens (tertiary/aromatic N) is 3. The van der Waals surface area contributed by atoms with Crippen LogP contribution >= 0.6 is 0 Å². The molecule has 0 saturated heterocycles. The average Bonchev–Trinajstić information content (AvgIpc) is 2.83. The minimum atomic E-state index is -3.19. The fourth-order valence-corrected chi connectivity index (χ4v) is 2.67. The van der Waals surface area contributed by atoms with Gasteiger partial charge in [0.1, 0.15) is 11.8 Å². The largest absolute Gasteiger partial charge is 0.382 e. The quantitative estimate of drug-likeness (QED) is 0.769.